The highest BCUT2D eigenvalue weighted by Gasteiger charge is 2.32. The van der Waals surface area contributed by atoms with Crippen molar-refractivity contribution in [2.45, 2.75) is 25.8 Å². The van der Waals surface area contributed by atoms with E-state index in [1.54, 1.807) is 18.3 Å². The third-order valence-electron chi connectivity index (χ3n) is 3.14. The van der Waals surface area contributed by atoms with Gasteiger partial charge in [0.25, 0.3) is 0 Å². The average molecular weight is 262 g/mol. The van der Waals surface area contributed by atoms with E-state index in [-0.39, 0.29) is 16.9 Å². The van der Waals surface area contributed by atoms with Gasteiger partial charge in [-0.1, -0.05) is 6.07 Å². The number of aromatic nitrogens is 1. The van der Waals surface area contributed by atoms with E-state index in [2.05, 4.69) is 4.98 Å². The summed E-state index contributed by atoms with van der Waals surface area (Å²) in [6.07, 6.45) is 1.81. The highest BCUT2D eigenvalue weighted by molar-refractivity contribution is 6.04. The van der Waals surface area contributed by atoms with E-state index in [4.69, 9.17) is 0 Å². The van der Waals surface area contributed by atoms with Gasteiger partial charge in [-0.3, -0.25) is 10.1 Å². The summed E-state index contributed by atoms with van der Waals surface area (Å²) in [6, 6.07) is 4.90. The maximum Gasteiger partial charge on any atom is 0.336 e. The molecule has 0 amide bonds. The molecular weight excluding hydrogens is 248 g/mol. The van der Waals surface area contributed by atoms with Gasteiger partial charge in [-0.05, 0) is 17.7 Å². The molecule has 0 saturated carbocycles. The van der Waals surface area contributed by atoms with Gasteiger partial charge in [0, 0.05) is 42.3 Å². The molecule has 6 heteroatoms. The van der Waals surface area contributed by atoms with Crippen LogP contribution in [-0.4, -0.2) is 26.5 Å². The van der Waals surface area contributed by atoms with E-state index in [9.17, 15) is 20.0 Å². The van der Waals surface area contributed by atoms with E-state index in [1.165, 1.54) is 19.9 Å². The van der Waals surface area contributed by atoms with Gasteiger partial charge in [0.1, 0.15) is 0 Å². The number of H-pyrrole nitrogens is 1. The van der Waals surface area contributed by atoms with Crippen LogP contribution in [0.15, 0.2) is 24.4 Å². The number of hydrogen-bond donors (Lipinski definition) is 2. The van der Waals surface area contributed by atoms with Gasteiger partial charge >= 0.3 is 5.97 Å². The molecule has 1 aromatic carbocycles. The van der Waals surface area contributed by atoms with E-state index in [0.29, 0.717) is 16.5 Å². The summed E-state index contributed by atoms with van der Waals surface area (Å²) in [5, 5.41) is 20.7. The number of aromatic amines is 1. The van der Waals surface area contributed by atoms with Crippen LogP contribution in [0.3, 0.4) is 0 Å². The number of hydrogen-bond acceptors (Lipinski definition) is 3. The Morgan fingerprint density at radius 2 is 2.16 bits per heavy atom. The molecular formula is C13H14N2O4. The Bertz CT molecular complexity index is 658. The van der Waals surface area contributed by atoms with Gasteiger partial charge in [0.05, 0.1) is 5.56 Å². The molecule has 0 unspecified atom stereocenters. The molecule has 2 rings (SSSR count). The van der Waals surface area contributed by atoms with Crippen LogP contribution >= 0.6 is 0 Å². The van der Waals surface area contributed by atoms with Crippen LogP contribution < -0.4 is 0 Å². The second-order valence-electron chi connectivity index (χ2n) is 5.09. The zero-order valence-electron chi connectivity index (χ0n) is 10.6. The van der Waals surface area contributed by atoms with Crippen molar-refractivity contribution in [2.75, 3.05) is 0 Å². The third-order valence-corrected chi connectivity index (χ3v) is 3.14. The predicted octanol–water partition coefficient (Wildman–Crippen LogP) is 2.46. The Kier molecular flexibility index (Phi) is 3.01. The van der Waals surface area contributed by atoms with E-state index < -0.39 is 11.5 Å². The second kappa shape index (κ2) is 4.38. The molecule has 6 nitrogen and oxygen atoms in total. The lowest BCUT2D eigenvalue weighted by molar-refractivity contribution is -0.560. The fraction of sp³-hybridized carbons (Fsp3) is 0.308. The largest absolute Gasteiger partial charge is 0.478 e. The number of nitro groups is 1. The van der Waals surface area contributed by atoms with Crippen LogP contribution in [0.25, 0.3) is 10.9 Å². The number of benzene rings is 1. The average Bonchev–Trinajstić information content (AvgIpc) is 2.71. The fourth-order valence-electron chi connectivity index (χ4n) is 2.10. The minimum Gasteiger partial charge on any atom is -0.478 e. The van der Waals surface area contributed by atoms with Gasteiger partial charge < -0.3 is 10.1 Å². The summed E-state index contributed by atoms with van der Waals surface area (Å²) in [5.74, 6) is -1.04. The molecule has 0 aliphatic rings. The zero-order chi connectivity index (χ0) is 14.2. The smallest absolute Gasteiger partial charge is 0.336 e. The number of aromatic carboxylic acids is 1. The first-order valence-electron chi connectivity index (χ1n) is 5.79. The van der Waals surface area contributed by atoms with E-state index in [0.717, 1.165) is 0 Å². The Hall–Kier alpha value is -2.37. The molecule has 0 fully saturated rings. The summed E-state index contributed by atoms with van der Waals surface area (Å²) in [6.45, 7) is 3.05. The Balaban J connectivity index is 2.56. The van der Waals surface area contributed by atoms with Gasteiger partial charge in [0.15, 0.2) is 0 Å². The monoisotopic (exact) mass is 262 g/mol. The number of nitrogens with zero attached hydrogens (tertiary/aromatic N) is 1. The molecule has 0 saturated heterocycles. The predicted molar refractivity (Wildman–Crippen MR) is 70.0 cm³/mol. The molecule has 1 aromatic heterocycles. The van der Waals surface area contributed by atoms with Crippen LogP contribution in [0.1, 0.15) is 29.8 Å². The molecule has 0 aliphatic heterocycles. The maximum absolute atomic E-state index is 11.2. The van der Waals surface area contributed by atoms with Gasteiger partial charge in [-0.15, -0.1) is 0 Å². The van der Waals surface area contributed by atoms with Crippen molar-refractivity contribution in [2.24, 2.45) is 0 Å². The molecule has 2 aromatic rings. The van der Waals surface area contributed by atoms with Crippen molar-refractivity contribution in [3.05, 3.63) is 45.6 Å². The minimum absolute atomic E-state index is 0.160. The van der Waals surface area contributed by atoms with Gasteiger partial charge in [0.2, 0.25) is 5.54 Å². The van der Waals surface area contributed by atoms with Crippen molar-refractivity contribution < 1.29 is 14.8 Å². The molecule has 0 radical (unpaired) electrons. The number of rotatable bonds is 4. The number of carbonyl (C=O) groups is 1. The third kappa shape index (κ3) is 2.29. The Morgan fingerprint density at radius 3 is 2.74 bits per heavy atom. The highest BCUT2D eigenvalue weighted by atomic mass is 16.6. The molecule has 0 bridgehead atoms. The van der Waals surface area contributed by atoms with Gasteiger partial charge in [-0.25, -0.2) is 4.79 Å². The molecule has 0 spiro atoms. The molecule has 100 valence electrons. The number of carboxylic acids is 1. The quantitative estimate of drug-likeness (QED) is 0.653. The second-order valence-corrected chi connectivity index (χ2v) is 5.09. The van der Waals surface area contributed by atoms with Crippen LogP contribution in [0, 0.1) is 10.1 Å². The van der Waals surface area contributed by atoms with Crippen LogP contribution in [-0.2, 0) is 6.42 Å². The summed E-state index contributed by atoms with van der Waals surface area (Å²) in [5.41, 5.74) is 0.345. The number of nitrogens with one attached hydrogen (secondary N) is 1. The zero-order valence-corrected chi connectivity index (χ0v) is 10.6. The minimum atomic E-state index is -1.14. The molecule has 0 aliphatic carbocycles. The lowest BCUT2D eigenvalue weighted by atomic mass is 9.94. The van der Waals surface area contributed by atoms with Crippen molar-refractivity contribution in [1.29, 1.82) is 0 Å². The van der Waals surface area contributed by atoms with Crippen molar-refractivity contribution in [3.63, 3.8) is 0 Å². The number of carboxylic acid groups (broad SMARTS) is 1. The first-order chi connectivity index (χ1) is 8.83. The normalized spacial score (nSPS) is 11.7. The first-order valence-corrected chi connectivity index (χ1v) is 5.79. The number of fused-ring (bicyclic) bond motifs is 1. The van der Waals surface area contributed by atoms with Crippen LogP contribution in [0.5, 0.6) is 0 Å². The Morgan fingerprint density at radius 1 is 1.47 bits per heavy atom. The van der Waals surface area contributed by atoms with Gasteiger partial charge in [-0.2, -0.15) is 0 Å². The highest BCUT2D eigenvalue weighted by Crippen LogP contribution is 2.27. The molecule has 0 atom stereocenters. The standard InChI is InChI=1S/C13H14N2O4/c1-13(2,15(18)19)6-8-7-14-10-5-3-4-9(11(8)10)12(16)17/h3-5,7,14H,6H2,1-2H3,(H,16,17). The lowest BCUT2D eigenvalue weighted by Gasteiger charge is -2.15. The van der Waals surface area contributed by atoms with E-state index in [1.807, 2.05) is 0 Å². The molecule has 19 heavy (non-hydrogen) atoms. The topological polar surface area (TPSA) is 96.2 Å². The van der Waals surface area contributed by atoms with Crippen LogP contribution in [0.2, 0.25) is 0 Å². The van der Waals surface area contributed by atoms with Crippen molar-refractivity contribution in [3.8, 4) is 0 Å². The summed E-state index contributed by atoms with van der Waals surface area (Å²) < 4.78 is 0. The summed E-state index contributed by atoms with van der Waals surface area (Å²) in [7, 11) is 0. The van der Waals surface area contributed by atoms with E-state index >= 15 is 0 Å². The fourth-order valence-corrected chi connectivity index (χ4v) is 2.10. The first kappa shape index (κ1) is 13.1. The summed E-state index contributed by atoms with van der Waals surface area (Å²) >= 11 is 0. The van der Waals surface area contributed by atoms with Crippen molar-refractivity contribution in [1.82, 2.24) is 4.98 Å². The Labute approximate surface area is 109 Å². The molecule has 1 heterocycles. The maximum atomic E-state index is 11.2. The molecule has 2 N–H and O–H groups in total. The summed E-state index contributed by atoms with van der Waals surface area (Å²) in [4.78, 5) is 24.8. The lowest BCUT2D eigenvalue weighted by Crippen LogP contribution is -2.33. The van der Waals surface area contributed by atoms with Crippen LogP contribution in [0.4, 0.5) is 0 Å². The van der Waals surface area contributed by atoms with Crippen molar-refractivity contribution >= 4 is 16.9 Å². The SMILES string of the molecule is CC(C)(Cc1c[nH]c2cccc(C(=O)O)c12)[N+](=O)[O-].